The molecule has 0 N–H and O–H groups in total. The van der Waals surface area contributed by atoms with Gasteiger partial charge >= 0.3 is 0 Å². The molecule has 0 heterocycles. The summed E-state index contributed by atoms with van der Waals surface area (Å²) >= 11 is 3.42. The van der Waals surface area contributed by atoms with Gasteiger partial charge in [-0.05, 0) is 38.5 Å². The zero-order valence-corrected chi connectivity index (χ0v) is 11.0. The third kappa shape index (κ3) is 3.74. The van der Waals surface area contributed by atoms with E-state index in [1.54, 1.807) is 0 Å². The molecule has 0 aliphatic carbocycles. The van der Waals surface area contributed by atoms with Gasteiger partial charge in [-0.1, -0.05) is 22.0 Å². The minimum atomic E-state index is 0.166. The lowest BCUT2D eigenvalue weighted by Gasteiger charge is -2.15. The second-order valence-electron chi connectivity index (χ2n) is 3.51. The molecule has 84 valence electrons. The summed E-state index contributed by atoms with van der Waals surface area (Å²) in [6.07, 6.45) is 0.166. The van der Waals surface area contributed by atoms with Gasteiger partial charge in [0.05, 0.1) is 12.7 Å². The zero-order valence-electron chi connectivity index (χ0n) is 9.42. The van der Waals surface area contributed by atoms with Crippen LogP contribution in [0.15, 0.2) is 18.2 Å². The minimum Gasteiger partial charge on any atom is -0.490 e. The molecule has 0 aliphatic rings. The molecule has 0 aromatic heterocycles. The summed E-state index contributed by atoms with van der Waals surface area (Å²) in [6.45, 7) is 6.64. The number of hydrogen-bond donors (Lipinski definition) is 0. The van der Waals surface area contributed by atoms with Gasteiger partial charge in [-0.2, -0.15) is 0 Å². The predicted octanol–water partition coefficient (Wildman–Crippen LogP) is 3.77. The fourth-order valence-electron chi connectivity index (χ4n) is 1.26. The Morgan fingerprint density at radius 1 is 1.27 bits per heavy atom. The van der Waals surface area contributed by atoms with Gasteiger partial charge in [0.2, 0.25) is 0 Å². The zero-order chi connectivity index (χ0) is 11.3. The van der Waals surface area contributed by atoms with Gasteiger partial charge in [-0.25, -0.2) is 0 Å². The van der Waals surface area contributed by atoms with Crippen molar-refractivity contribution >= 4 is 15.9 Å². The summed E-state index contributed by atoms with van der Waals surface area (Å²) in [7, 11) is 0. The molecule has 0 saturated heterocycles. The van der Waals surface area contributed by atoms with Gasteiger partial charge in [-0.15, -0.1) is 0 Å². The van der Waals surface area contributed by atoms with Crippen LogP contribution in [0.3, 0.4) is 0 Å². The number of hydrogen-bond acceptors (Lipinski definition) is 2. The van der Waals surface area contributed by atoms with Crippen LogP contribution in [0.4, 0.5) is 0 Å². The molecule has 0 bridgehead atoms. The van der Waals surface area contributed by atoms with Crippen molar-refractivity contribution < 1.29 is 9.47 Å². The van der Waals surface area contributed by atoms with Crippen LogP contribution in [0.25, 0.3) is 0 Å². The highest BCUT2D eigenvalue weighted by Gasteiger charge is 2.07. The number of ether oxygens (including phenoxy) is 2. The first-order valence-electron chi connectivity index (χ1n) is 5.15. The fraction of sp³-hybridized carbons (Fsp3) is 0.500. The van der Waals surface area contributed by atoms with E-state index < -0.39 is 0 Å². The quantitative estimate of drug-likeness (QED) is 0.760. The largest absolute Gasteiger partial charge is 0.490 e. The minimum absolute atomic E-state index is 0.166. The molecule has 0 saturated carbocycles. The van der Waals surface area contributed by atoms with Crippen molar-refractivity contribution in [3.8, 4) is 11.5 Å². The topological polar surface area (TPSA) is 18.5 Å². The van der Waals surface area contributed by atoms with Crippen molar-refractivity contribution in [2.75, 3.05) is 6.61 Å². The molecule has 0 atom stereocenters. The molecule has 3 heteroatoms. The molecule has 0 amide bonds. The van der Waals surface area contributed by atoms with E-state index in [9.17, 15) is 0 Å². The van der Waals surface area contributed by atoms with Crippen LogP contribution in [0.1, 0.15) is 26.3 Å². The lowest BCUT2D eigenvalue weighted by molar-refractivity contribution is 0.224. The Morgan fingerprint density at radius 2 is 2.00 bits per heavy atom. The normalized spacial score (nSPS) is 10.5. The van der Waals surface area contributed by atoms with Gasteiger partial charge in [0, 0.05) is 5.33 Å². The third-order valence-corrected chi connectivity index (χ3v) is 2.47. The molecule has 1 aromatic rings. The highest BCUT2D eigenvalue weighted by molar-refractivity contribution is 9.08. The Kier molecular flexibility index (Phi) is 4.95. The second kappa shape index (κ2) is 6.01. The molecular weight excluding hydrogens is 256 g/mol. The number of halogens is 1. The van der Waals surface area contributed by atoms with E-state index >= 15 is 0 Å². The van der Waals surface area contributed by atoms with Crippen molar-refractivity contribution in [2.24, 2.45) is 0 Å². The van der Waals surface area contributed by atoms with Crippen molar-refractivity contribution in [3.05, 3.63) is 23.8 Å². The van der Waals surface area contributed by atoms with Crippen LogP contribution in [0.5, 0.6) is 11.5 Å². The van der Waals surface area contributed by atoms with Gasteiger partial charge in [0.1, 0.15) is 0 Å². The van der Waals surface area contributed by atoms with Crippen LogP contribution in [0, 0.1) is 0 Å². The maximum atomic E-state index is 5.66. The van der Waals surface area contributed by atoms with Crippen LogP contribution < -0.4 is 9.47 Å². The van der Waals surface area contributed by atoms with E-state index in [1.165, 1.54) is 5.56 Å². The third-order valence-electron chi connectivity index (χ3n) is 1.82. The average molecular weight is 273 g/mol. The number of benzene rings is 1. The maximum Gasteiger partial charge on any atom is 0.161 e. The van der Waals surface area contributed by atoms with E-state index in [1.807, 2.05) is 39.0 Å². The summed E-state index contributed by atoms with van der Waals surface area (Å²) in [5.41, 5.74) is 1.19. The SMILES string of the molecule is CCOc1cc(CBr)ccc1OC(C)C. The highest BCUT2D eigenvalue weighted by Crippen LogP contribution is 2.30. The van der Waals surface area contributed by atoms with Gasteiger partial charge < -0.3 is 9.47 Å². The van der Waals surface area contributed by atoms with E-state index in [0.717, 1.165) is 16.8 Å². The summed E-state index contributed by atoms with van der Waals surface area (Å²) in [5, 5.41) is 0.828. The van der Waals surface area contributed by atoms with Crippen molar-refractivity contribution in [2.45, 2.75) is 32.2 Å². The average Bonchev–Trinajstić information content (AvgIpc) is 2.20. The van der Waals surface area contributed by atoms with Crippen LogP contribution >= 0.6 is 15.9 Å². The van der Waals surface area contributed by atoms with Crippen molar-refractivity contribution in [1.82, 2.24) is 0 Å². The van der Waals surface area contributed by atoms with Gasteiger partial charge in [-0.3, -0.25) is 0 Å². The first-order valence-corrected chi connectivity index (χ1v) is 6.27. The van der Waals surface area contributed by atoms with Crippen molar-refractivity contribution in [1.29, 1.82) is 0 Å². The Bertz CT molecular complexity index is 310. The first-order chi connectivity index (χ1) is 7.17. The highest BCUT2D eigenvalue weighted by atomic mass is 79.9. The Morgan fingerprint density at radius 3 is 2.53 bits per heavy atom. The van der Waals surface area contributed by atoms with Crippen LogP contribution in [-0.2, 0) is 5.33 Å². The summed E-state index contributed by atoms with van der Waals surface area (Å²) in [4.78, 5) is 0. The number of alkyl halides is 1. The Balaban J connectivity index is 2.92. The molecule has 0 spiro atoms. The molecule has 1 rings (SSSR count). The molecule has 15 heavy (non-hydrogen) atoms. The lowest BCUT2D eigenvalue weighted by Crippen LogP contribution is -2.07. The first kappa shape index (κ1) is 12.4. The standard InChI is InChI=1S/C12H17BrO2/c1-4-14-12-7-10(8-13)5-6-11(12)15-9(2)3/h5-7,9H,4,8H2,1-3H3. The summed E-state index contributed by atoms with van der Waals surface area (Å²) in [5.74, 6) is 1.64. The van der Waals surface area contributed by atoms with Gasteiger partial charge in [0.15, 0.2) is 11.5 Å². The van der Waals surface area contributed by atoms with E-state index in [0.29, 0.717) is 6.61 Å². The molecule has 2 nitrogen and oxygen atoms in total. The van der Waals surface area contributed by atoms with E-state index in [4.69, 9.17) is 9.47 Å². The second-order valence-corrected chi connectivity index (χ2v) is 4.08. The Hall–Kier alpha value is -0.700. The summed E-state index contributed by atoms with van der Waals surface area (Å²) < 4.78 is 11.2. The molecular formula is C12H17BrO2. The molecule has 0 unspecified atom stereocenters. The Labute approximate surface area is 99.7 Å². The smallest absolute Gasteiger partial charge is 0.161 e. The summed E-state index contributed by atoms with van der Waals surface area (Å²) in [6, 6.07) is 6.01. The van der Waals surface area contributed by atoms with Crippen molar-refractivity contribution in [3.63, 3.8) is 0 Å². The van der Waals surface area contributed by atoms with Crippen LogP contribution in [0.2, 0.25) is 0 Å². The fourth-order valence-corrected chi connectivity index (χ4v) is 1.60. The van der Waals surface area contributed by atoms with E-state index in [-0.39, 0.29) is 6.10 Å². The maximum absolute atomic E-state index is 5.66. The lowest BCUT2D eigenvalue weighted by atomic mass is 10.2. The van der Waals surface area contributed by atoms with Crippen LogP contribution in [-0.4, -0.2) is 12.7 Å². The monoisotopic (exact) mass is 272 g/mol. The van der Waals surface area contributed by atoms with Gasteiger partial charge in [0.25, 0.3) is 0 Å². The van der Waals surface area contributed by atoms with E-state index in [2.05, 4.69) is 15.9 Å². The molecule has 0 fully saturated rings. The molecule has 0 radical (unpaired) electrons. The number of rotatable bonds is 5. The molecule has 0 aliphatic heterocycles. The molecule has 1 aromatic carbocycles. The predicted molar refractivity (Wildman–Crippen MR) is 66.0 cm³/mol.